The Morgan fingerprint density at radius 1 is 1.27 bits per heavy atom. The van der Waals surface area contributed by atoms with Gasteiger partial charge in [0.1, 0.15) is 5.60 Å². The molecule has 86 valence electrons. The molecule has 0 aromatic carbocycles. The van der Waals surface area contributed by atoms with Crippen molar-refractivity contribution < 1.29 is 9.53 Å². The van der Waals surface area contributed by atoms with Crippen LogP contribution < -0.4 is 0 Å². The first-order valence-corrected chi connectivity index (χ1v) is 5.82. The lowest BCUT2D eigenvalue weighted by Gasteiger charge is -2.37. The predicted octanol–water partition coefficient (Wildman–Crippen LogP) is 3.46. The zero-order valence-electron chi connectivity index (χ0n) is 10.1. The van der Waals surface area contributed by atoms with Crippen molar-refractivity contribution in [2.75, 3.05) is 0 Å². The molecule has 0 spiro atoms. The lowest BCUT2D eigenvalue weighted by molar-refractivity contribution is -0.121. The van der Waals surface area contributed by atoms with E-state index in [0.717, 1.165) is 0 Å². The topological polar surface area (TPSA) is 26.3 Å². The second-order valence-corrected chi connectivity index (χ2v) is 5.02. The maximum absolute atomic E-state index is 11.1. The molecule has 0 aliphatic heterocycles. The Labute approximate surface area is 92.7 Å². The monoisotopic (exact) mass is 210 g/mol. The van der Waals surface area contributed by atoms with Crippen LogP contribution in [-0.2, 0) is 9.53 Å². The number of hydrogen-bond acceptors (Lipinski definition) is 2. The van der Waals surface area contributed by atoms with Gasteiger partial charge in [-0.05, 0) is 32.6 Å². The number of allylic oxidation sites excluding steroid dienone is 1. The van der Waals surface area contributed by atoms with E-state index in [1.807, 2.05) is 0 Å². The Balaban J connectivity index is 2.56. The van der Waals surface area contributed by atoms with Crippen LogP contribution in [0.3, 0.4) is 0 Å². The number of rotatable bonds is 4. The highest BCUT2D eigenvalue weighted by atomic mass is 16.5. The molecule has 0 heterocycles. The van der Waals surface area contributed by atoms with Gasteiger partial charge in [0.05, 0.1) is 0 Å². The summed E-state index contributed by atoms with van der Waals surface area (Å²) in [5.41, 5.74) is -0.247. The van der Waals surface area contributed by atoms with Gasteiger partial charge in [-0.15, -0.1) is 0 Å². The van der Waals surface area contributed by atoms with Crippen molar-refractivity contribution >= 4 is 5.78 Å². The second kappa shape index (κ2) is 4.82. The number of carbonyl (C=O) groups excluding carboxylic acids is 1. The number of ketones is 1. The van der Waals surface area contributed by atoms with E-state index in [4.69, 9.17) is 4.74 Å². The van der Waals surface area contributed by atoms with E-state index in [9.17, 15) is 4.79 Å². The molecule has 0 aromatic heterocycles. The molecule has 2 nitrogen and oxygen atoms in total. The standard InChI is InChI=1S/C13H22O2/c1-10(14)11(2)15-13(3,4)12-8-6-5-7-9-12/h12H,2,5-9H2,1,3-4H3. The van der Waals surface area contributed by atoms with Crippen LogP contribution in [-0.4, -0.2) is 11.4 Å². The average molecular weight is 210 g/mol. The van der Waals surface area contributed by atoms with Gasteiger partial charge in [0.15, 0.2) is 11.5 Å². The van der Waals surface area contributed by atoms with Crippen LogP contribution in [0.15, 0.2) is 12.3 Å². The van der Waals surface area contributed by atoms with Crippen LogP contribution in [0.1, 0.15) is 52.9 Å². The lowest BCUT2D eigenvalue weighted by Crippen LogP contribution is -2.36. The lowest BCUT2D eigenvalue weighted by atomic mass is 9.79. The van der Waals surface area contributed by atoms with Crippen LogP contribution in [0.2, 0.25) is 0 Å². The van der Waals surface area contributed by atoms with Gasteiger partial charge in [-0.1, -0.05) is 25.8 Å². The van der Waals surface area contributed by atoms with Crippen LogP contribution in [0.5, 0.6) is 0 Å². The normalized spacial score (nSPS) is 18.6. The van der Waals surface area contributed by atoms with E-state index in [1.54, 1.807) is 0 Å². The van der Waals surface area contributed by atoms with Crippen molar-refractivity contribution in [2.24, 2.45) is 5.92 Å². The largest absolute Gasteiger partial charge is 0.484 e. The first-order chi connectivity index (χ1) is 6.93. The van der Waals surface area contributed by atoms with Crippen molar-refractivity contribution in [1.82, 2.24) is 0 Å². The van der Waals surface area contributed by atoms with Crippen molar-refractivity contribution in [3.8, 4) is 0 Å². The number of carbonyl (C=O) groups is 1. The van der Waals surface area contributed by atoms with Crippen molar-refractivity contribution in [3.05, 3.63) is 12.3 Å². The maximum Gasteiger partial charge on any atom is 0.193 e. The van der Waals surface area contributed by atoms with Gasteiger partial charge in [0, 0.05) is 6.92 Å². The fourth-order valence-corrected chi connectivity index (χ4v) is 2.27. The Hall–Kier alpha value is -0.790. The second-order valence-electron chi connectivity index (χ2n) is 5.02. The van der Waals surface area contributed by atoms with Crippen LogP contribution in [0.25, 0.3) is 0 Å². The van der Waals surface area contributed by atoms with E-state index in [1.165, 1.54) is 39.0 Å². The predicted molar refractivity (Wildman–Crippen MR) is 61.6 cm³/mol. The van der Waals surface area contributed by atoms with Crippen molar-refractivity contribution in [3.63, 3.8) is 0 Å². The third-order valence-electron chi connectivity index (χ3n) is 3.37. The van der Waals surface area contributed by atoms with E-state index in [2.05, 4.69) is 20.4 Å². The summed E-state index contributed by atoms with van der Waals surface area (Å²) in [6, 6.07) is 0. The van der Waals surface area contributed by atoms with E-state index >= 15 is 0 Å². The summed E-state index contributed by atoms with van der Waals surface area (Å²) in [5, 5.41) is 0. The number of Topliss-reactive ketones (excluding diaryl/α,β-unsaturated/α-hetero) is 1. The molecule has 1 saturated carbocycles. The molecule has 1 aliphatic carbocycles. The Kier molecular flexibility index (Phi) is 3.95. The van der Waals surface area contributed by atoms with Gasteiger partial charge in [-0.3, -0.25) is 4.79 Å². The minimum absolute atomic E-state index is 0.0705. The Morgan fingerprint density at radius 2 is 1.80 bits per heavy atom. The van der Waals surface area contributed by atoms with Gasteiger partial charge in [0.2, 0.25) is 0 Å². The molecular weight excluding hydrogens is 188 g/mol. The van der Waals surface area contributed by atoms with Crippen LogP contribution in [0, 0.1) is 5.92 Å². The van der Waals surface area contributed by atoms with Gasteiger partial charge < -0.3 is 4.74 Å². The van der Waals surface area contributed by atoms with Crippen LogP contribution in [0.4, 0.5) is 0 Å². The molecule has 1 fully saturated rings. The number of ether oxygens (including phenoxy) is 1. The molecule has 0 aromatic rings. The minimum Gasteiger partial charge on any atom is -0.484 e. The smallest absolute Gasteiger partial charge is 0.193 e. The zero-order valence-corrected chi connectivity index (χ0v) is 10.1. The van der Waals surface area contributed by atoms with Gasteiger partial charge in [-0.25, -0.2) is 0 Å². The summed E-state index contributed by atoms with van der Waals surface area (Å²) < 4.78 is 5.69. The highest BCUT2D eigenvalue weighted by Gasteiger charge is 2.33. The van der Waals surface area contributed by atoms with E-state index in [-0.39, 0.29) is 11.4 Å². The molecule has 0 N–H and O–H groups in total. The van der Waals surface area contributed by atoms with Crippen molar-refractivity contribution in [2.45, 2.75) is 58.5 Å². The average Bonchev–Trinajstić information content (AvgIpc) is 2.18. The summed E-state index contributed by atoms with van der Waals surface area (Å²) >= 11 is 0. The summed E-state index contributed by atoms with van der Waals surface area (Å²) in [4.78, 5) is 11.1. The molecule has 15 heavy (non-hydrogen) atoms. The van der Waals surface area contributed by atoms with Crippen molar-refractivity contribution in [1.29, 1.82) is 0 Å². The third kappa shape index (κ3) is 3.37. The van der Waals surface area contributed by atoms with E-state index < -0.39 is 0 Å². The Morgan fingerprint density at radius 3 is 2.27 bits per heavy atom. The summed E-state index contributed by atoms with van der Waals surface area (Å²) in [6.07, 6.45) is 6.31. The molecule has 0 atom stereocenters. The third-order valence-corrected chi connectivity index (χ3v) is 3.37. The first-order valence-electron chi connectivity index (χ1n) is 5.82. The zero-order chi connectivity index (χ0) is 11.5. The molecule has 0 bridgehead atoms. The fourth-order valence-electron chi connectivity index (χ4n) is 2.27. The van der Waals surface area contributed by atoms with E-state index in [0.29, 0.717) is 11.7 Å². The SMILES string of the molecule is C=C(OC(C)(C)C1CCCCC1)C(C)=O. The summed E-state index contributed by atoms with van der Waals surface area (Å²) in [7, 11) is 0. The molecule has 0 amide bonds. The molecule has 0 unspecified atom stereocenters. The quantitative estimate of drug-likeness (QED) is 0.524. The summed E-state index contributed by atoms with van der Waals surface area (Å²) in [6.45, 7) is 9.29. The minimum atomic E-state index is -0.247. The highest BCUT2D eigenvalue weighted by molar-refractivity contribution is 5.90. The van der Waals surface area contributed by atoms with Gasteiger partial charge in [0.25, 0.3) is 0 Å². The molecule has 0 radical (unpaired) electrons. The Bertz CT molecular complexity index is 247. The maximum atomic E-state index is 11.1. The fraction of sp³-hybridized carbons (Fsp3) is 0.769. The number of hydrogen-bond donors (Lipinski definition) is 0. The van der Waals surface area contributed by atoms with Gasteiger partial charge in [-0.2, -0.15) is 0 Å². The molecule has 2 heteroatoms. The molecule has 1 rings (SSSR count). The summed E-state index contributed by atoms with van der Waals surface area (Å²) in [5.74, 6) is 0.784. The molecule has 1 aliphatic rings. The molecular formula is C13H22O2. The highest BCUT2D eigenvalue weighted by Crippen LogP contribution is 2.35. The first kappa shape index (κ1) is 12.3. The van der Waals surface area contributed by atoms with Crippen LogP contribution >= 0.6 is 0 Å². The van der Waals surface area contributed by atoms with Gasteiger partial charge >= 0.3 is 0 Å². The molecule has 0 saturated heterocycles.